The summed E-state index contributed by atoms with van der Waals surface area (Å²) in [5.74, 6) is 0.585. The molecule has 0 fully saturated rings. The Bertz CT molecular complexity index is 599. The number of Topliss-reactive ketones (excluding diaryl/α,β-unsaturated/α-hetero) is 1. The van der Waals surface area contributed by atoms with Gasteiger partial charge < -0.3 is 9.15 Å². The predicted molar refractivity (Wildman–Crippen MR) is 66.0 cm³/mol. The summed E-state index contributed by atoms with van der Waals surface area (Å²) in [4.78, 5) is 23.2. The van der Waals surface area contributed by atoms with Gasteiger partial charge >= 0.3 is 5.63 Å². The van der Waals surface area contributed by atoms with Crippen molar-refractivity contribution < 1.29 is 13.9 Å². The maximum atomic E-state index is 11.9. The topological polar surface area (TPSA) is 56.5 Å². The molecule has 0 N–H and O–H groups in total. The summed E-state index contributed by atoms with van der Waals surface area (Å²) in [5, 5.41) is 0. The fourth-order valence-corrected chi connectivity index (χ4v) is 1.59. The average molecular weight is 244 g/mol. The largest absolute Gasteiger partial charge is 0.496 e. The van der Waals surface area contributed by atoms with Crippen molar-refractivity contribution in [1.82, 2.24) is 0 Å². The van der Waals surface area contributed by atoms with Crippen molar-refractivity contribution in [2.24, 2.45) is 0 Å². The van der Waals surface area contributed by atoms with E-state index in [1.165, 1.54) is 13.2 Å². The lowest BCUT2D eigenvalue weighted by molar-refractivity contribution is 0.0986. The van der Waals surface area contributed by atoms with E-state index in [0.29, 0.717) is 17.1 Å². The summed E-state index contributed by atoms with van der Waals surface area (Å²) >= 11 is 0. The minimum Gasteiger partial charge on any atom is -0.496 e. The first-order chi connectivity index (χ1) is 8.69. The van der Waals surface area contributed by atoms with Crippen molar-refractivity contribution in [3.8, 4) is 5.75 Å². The van der Waals surface area contributed by atoms with Crippen LogP contribution in [0, 0.1) is 0 Å². The number of carbonyl (C=O) groups excluding carboxylic acids is 1. The van der Waals surface area contributed by atoms with Crippen LogP contribution in [0.3, 0.4) is 0 Å². The van der Waals surface area contributed by atoms with Gasteiger partial charge in [-0.2, -0.15) is 0 Å². The second-order valence-corrected chi connectivity index (χ2v) is 3.75. The molecule has 0 unspecified atom stereocenters. The molecule has 0 aliphatic carbocycles. The lowest BCUT2D eigenvalue weighted by Crippen LogP contribution is -2.07. The zero-order valence-corrected chi connectivity index (χ0v) is 9.88. The number of hydrogen-bond donors (Lipinski definition) is 0. The molecule has 18 heavy (non-hydrogen) atoms. The summed E-state index contributed by atoms with van der Waals surface area (Å²) in [7, 11) is 1.46. The van der Waals surface area contributed by atoms with Gasteiger partial charge in [0.1, 0.15) is 11.5 Å². The van der Waals surface area contributed by atoms with Gasteiger partial charge in [-0.05, 0) is 0 Å². The lowest BCUT2D eigenvalue weighted by Gasteiger charge is -2.02. The van der Waals surface area contributed by atoms with Crippen molar-refractivity contribution in [3.05, 3.63) is 64.2 Å². The highest BCUT2D eigenvalue weighted by molar-refractivity contribution is 5.97. The third-order valence-corrected chi connectivity index (χ3v) is 2.46. The standard InChI is InChI=1S/C14H12O4/c1-17-11-7-12(18-14(16)9-11)8-13(15)10-5-3-2-4-6-10/h2-7,9H,8H2,1H3. The second-order valence-electron chi connectivity index (χ2n) is 3.75. The van der Waals surface area contributed by atoms with Gasteiger partial charge in [-0.1, -0.05) is 30.3 Å². The molecule has 1 heterocycles. The van der Waals surface area contributed by atoms with Crippen LogP contribution in [-0.4, -0.2) is 12.9 Å². The van der Waals surface area contributed by atoms with E-state index in [4.69, 9.17) is 9.15 Å². The minimum atomic E-state index is -0.523. The number of benzene rings is 1. The Balaban J connectivity index is 2.22. The van der Waals surface area contributed by atoms with E-state index in [-0.39, 0.29) is 12.2 Å². The van der Waals surface area contributed by atoms with Gasteiger partial charge in [0.15, 0.2) is 5.78 Å². The van der Waals surface area contributed by atoms with Crippen molar-refractivity contribution in [1.29, 1.82) is 0 Å². The molecule has 1 aromatic carbocycles. The molecule has 0 amide bonds. The molecule has 0 spiro atoms. The van der Waals surface area contributed by atoms with Crippen molar-refractivity contribution >= 4 is 5.78 Å². The molecule has 0 saturated heterocycles. The van der Waals surface area contributed by atoms with Crippen LogP contribution in [0.4, 0.5) is 0 Å². The van der Waals surface area contributed by atoms with E-state index < -0.39 is 5.63 Å². The molecule has 4 nitrogen and oxygen atoms in total. The lowest BCUT2D eigenvalue weighted by atomic mass is 10.1. The van der Waals surface area contributed by atoms with Crippen LogP contribution in [0.5, 0.6) is 5.75 Å². The molecule has 0 bridgehead atoms. The van der Waals surface area contributed by atoms with Crippen molar-refractivity contribution in [3.63, 3.8) is 0 Å². The first-order valence-corrected chi connectivity index (χ1v) is 5.45. The van der Waals surface area contributed by atoms with Gasteiger partial charge in [0.25, 0.3) is 0 Å². The normalized spacial score (nSPS) is 10.1. The fourth-order valence-electron chi connectivity index (χ4n) is 1.59. The third kappa shape index (κ3) is 2.85. The smallest absolute Gasteiger partial charge is 0.339 e. The predicted octanol–water partition coefficient (Wildman–Crippen LogP) is 2.07. The Morgan fingerprint density at radius 2 is 1.94 bits per heavy atom. The number of hydrogen-bond acceptors (Lipinski definition) is 4. The van der Waals surface area contributed by atoms with Crippen LogP contribution in [-0.2, 0) is 6.42 Å². The summed E-state index contributed by atoms with van der Waals surface area (Å²) < 4.78 is 9.91. The van der Waals surface area contributed by atoms with E-state index in [9.17, 15) is 9.59 Å². The monoisotopic (exact) mass is 244 g/mol. The highest BCUT2D eigenvalue weighted by Crippen LogP contribution is 2.12. The zero-order valence-electron chi connectivity index (χ0n) is 9.88. The molecule has 0 radical (unpaired) electrons. The maximum absolute atomic E-state index is 11.9. The van der Waals surface area contributed by atoms with Crippen LogP contribution in [0.15, 0.2) is 51.7 Å². The first-order valence-electron chi connectivity index (χ1n) is 5.45. The van der Waals surface area contributed by atoms with Crippen molar-refractivity contribution in [2.45, 2.75) is 6.42 Å². The third-order valence-electron chi connectivity index (χ3n) is 2.46. The SMILES string of the molecule is COc1cc(CC(=O)c2ccccc2)oc(=O)c1. The molecule has 92 valence electrons. The average Bonchev–Trinajstić information content (AvgIpc) is 2.39. The number of carbonyl (C=O) groups is 1. The van der Waals surface area contributed by atoms with Gasteiger partial charge in [0.2, 0.25) is 0 Å². The number of rotatable bonds is 4. The Kier molecular flexibility index (Phi) is 3.57. The van der Waals surface area contributed by atoms with E-state index in [1.54, 1.807) is 30.3 Å². The number of methoxy groups -OCH3 is 1. The quantitative estimate of drug-likeness (QED) is 0.772. The van der Waals surface area contributed by atoms with Gasteiger partial charge in [-0.25, -0.2) is 4.79 Å². The molecule has 4 heteroatoms. The summed E-state index contributed by atoms with van der Waals surface area (Å²) in [6.45, 7) is 0. The number of ether oxygens (including phenoxy) is 1. The second kappa shape index (κ2) is 5.31. The van der Waals surface area contributed by atoms with Gasteiger partial charge in [0, 0.05) is 11.6 Å². The molecule has 0 aliphatic rings. The minimum absolute atomic E-state index is 0.0381. The highest BCUT2D eigenvalue weighted by Gasteiger charge is 2.10. The molecule has 2 rings (SSSR count). The Morgan fingerprint density at radius 3 is 2.61 bits per heavy atom. The summed E-state index contributed by atoms with van der Waals surface area (Å²) in [5.41, 5.74) is 0.0631. The number of ketones is 1. The van der Waals surface area contributed by atoms with Crippen LogP contribution in [0.2, 0.25) is 0 Å². The van der Waals surface area contributed by atoms with Crippen LogP contribution < -0.4 is 10.4 Å². The Labute approximate surface area is 104 Å². The Hall–Kier alpha value is -2.36. The Morgan fingerprint density at radius 1 is 1.22 bits per heavy atom. The van der Waals surface area contributed by atoms with Crippen LogP contribution in [0.25, 0.3) is 0 Å². The van der Waals surface area contributed by atoms with Gasteiger partial charge in [-0.3, -0.25) is 4.79 Å². The molecular formula is C14H12O4. The summed E-state index contributed by atoms with van der Waals surface area (Å²) in [6.07, 6.45) is 0.0381. The van der Waals surface area contributed by atoms with E-state index >= 15 is 0 Å². The van der Waals surface area contributed by atoms with Crippen LogP contribution in [0.1, 0.15) is 16.1 Å². The fraction of sp³-hybridized carbons (Fsp3) is 0.143. The van der Waals surface area contributed by atoms with Gasteiger partial charge in [0.05, 0.1) is 19.6 Å². The van der Waals surface area contributed by atoms with Crippen molar-refractivity contribution in [2.75, 3.05) is 7.11 Å². The zero-order chi connectivity index (χ0) is 13.0. The molecule has 0 aliphatic heterocycles. The van der Waals surface area contributed by atoms with Crippen LogP contribution >= 0.6 is 0 Å². The van der Waals surface area contributed by atoms with E-state index in [2.05, 4.69) is 0 Å². The molecule has 1 aromatic heterocycles. The van der Waals surface area contributed by atoms with Gasteiger partial charge in [-0.15, -0.1) is 0 Å². The van der Waals surface area contributed by atoms with E-state index in [0.717, 1.165) is 0 Å². The highest BCUT2D eigenvalue weighted by atomic mass is 16.5. The molecule has 2 aromatic rings. The van der Waals surface area contributed by atoms with E-state index in [1.807, 2.05) is 6.07 Å². The first kappa shape index (κ1) is 12.1. The maximum Gasteiger partial charge on any atom is 0.339 e. The molecule has 0 atom stereocenters. The molecular weight excluding hydrogens is 232 g/mol. The molecule has 0 saturated carbocycles. The summed E-state index contributed by atoms with van der Waals surface area (Å²) in [6, 6.07) is 11.6.